The molecule has 0 fully saturated rings. The van der Waals surface area contributed by atoms with Crippen molar-refractivity contribution in [2.45, 2.75) is 26.3 Å². The number of rotatable bonds is 7. The van der Waals surface area contributed by atoms with E-state index in [4.69, 9.17) is 0 Å². The Balaban J connectivity index is 0. The Morgan fingerprint density at radius 2 is 2.11 bits per heavy atom. The highest BCUT2D eigenvalue weighted by Gasteiger charge is 2.08. The summed E-state index contributed by atoms with van der Waals surface area (Å²) in [5.74, 6) is 0.871. The van der Waals surface area contributed by atoms with Crippen LogP contribution in [0, 0.1) is 0 Å². The molecule has 0 heterocycles. The van der Waals surface area contributed by atoms with Crippen molar-refractivity contribution in [1.82, 2.24) is 10.6 Å². The Morgan fingerprint density at radius 1 is 1.50 bits per heavy atom. The van der Waals surface area contributed by atoms with Crippen molar-refractivity contribution in [3.63, 3.8) is 0 Å². The van der Waals surface area contributed by atoms with E-state index in [1.807, 2.05) is 13.8 Å². The van der Waals surface area contributed by atoms with Gasteiger partial charge in [-0.3, -0.25) is 0 Å². The van der Waals surface area contributed by atoms with Crippen molar-refractivity contribution in [3.8, 4) is 0 Å². The van der Waals surface area contributed by atoms with Crippen LogP contribution < -0.4 is 10.6 Å². The molecular formula is C11H24IN3O2S. The summed E-state index contributed by atoms with van der Waals surface area (Å²) in [6, 6.07) is 0.0624. The van der Waals surface area contributed by atoms with Crippen LogP contribution in [-0.2, 0) is 9.84 Å². The monoisotopic (exact) mass is 389 g/mol. The average molecular weight is 389 g/mol. The SMILES string of the molecule is C=CCN=C(NCC)NC(C)CCS(C)(=O)=O.I. The Labute approximate surface area is 127 Å². The summed E-state index contributed by atoms with van der Waals surface area (Å²) >= 11 is 0. The number of hydrogen-bond donors (Lipinski definition) is 2. The van der Waals surface area contributed by atoms with Crippen molar-refractivity contribution < 1.29 is 8.42 Å². The lowest BCUT2D eigenvalue weighted by Crippen LogP contribution is -2.42. The molecule has 0 bridgehead atoms. The van der Waals surface area contributed by atoms with Gasteiger partial charge in [-0.05, 0) is 20.3 Å². The van der Waals surface area contributed by atoms with E-state index < -0.39 is 9.84 Å². The number of nitrogens with zero attached hydrogens (tertiary/aromatic N) is 1. The summed E-state index contributed by atoms with van der Waals surface area (Å²) in [7, 11) is -2.90. The Kier molecular flexibility index (Phi) is 11.8. The first-order chi connectivity index (χ1) is 7.89. The van der Waals surface area contributed by atoms with Gasteiger partial charge in [0.25, 0.3) is 0 Å². The zero-order valence-corrected chi connectivity index (χ0v) is 14.4. The molecule has 0 radical (unpaired) electrons. The first kappa shape index (κ1) is 20.0. The molecule has 0 aliphatic rings. The maximum atomic E-state index is 11.0. The standard InChI is InChI=1S/C11H23N3O2S.HI/c1-5-8-13-11(12-6-2)14-10(3)7-9-17(4,15)16;/h5,10H,1,6-9H2,2-4H3,(H2,12,13,14);1H. The van der Waals surface area contributed by atoms with E-state index in [2.05, 4.69) is 22.2 Å². The molecule has 0 aliphatic heterocycles. The molecule has 0 amide bonds. The molecule has 0 aromatic heterocycles. The molecule has 0 rings (SSSR count). The predicted molar refractivity (Wildman–Crippen MR) is 88.5 cm³/mol. The Morgan fingerprint density at radius 3 is 2.56 bits per heavy atom. The molecule has 0 aromatic rings. The van der Waals surface area contributed by atoms with E-state index in [9.17, 15) is 8.42 Å². The minimum atomic E-state index is -2.90. The highest BCUT2D eigenvalue weighted by Crippen LogP contribution is 1.95. The van der Waals surface area contributed by atoms with Crippen LogP contribution in [0.4, 0.5) is 0 Å². The minimum absolute atomic E-state index is 0. The van der Waals surface area contributed by atoms with Crippen LogP contribution in [0.2, 0.25) is 0 Å². The van der Waals surface area contributed by atoms with Crippen molar-refractivity contribution in [2.24, 2.45) is 4.99 Å². The van der Waals surface area contributed by atoms with Crippen LogP contribution in [0.3, 0.4) is 0 Å². The third kappa shape index (κ3) is 12.2. The zero-order valence-electron chi connectivity index (χ0n) is 11.3. The fraction of sp³-hybridized carbons (Fsp3) is 0.727. The topological polar surface area (TPSA) is 70.6 Å². The van der Waals surface area contributed by atoms with Gasteiger partial charge in [0.05, 0.1) is 12.3 Å². The number of nitrogens with one attached hydrogen (secondary N) is 2. The van der Waals surface area contributed by atoms with Crippen molar-refractivity contribution >= 4 is 39.8 Å². The van der Waals surface area contributed by atoms with Crippen LogP contribution >= 0.6 is 24.0 Å². The van der Waals surface area contributed by atoms with E-state index in [0.717, 1.165) is 6.54 Å². The summed E-state index contributed by atoms with van der Waals surface area (Å²) in [5.41, 5.74) is 0. The summed E-state index contributed by atoms with van der Waals surface area (Å²) in [4.78, 5) is 4.24. The second kappa shape index (κ2) is 10.6. The van der Waals surface area contributed by atoms with E-state index in [-0.39, 0.29) is 35.8 Å². The van der Waals surface area contributed by atoms with Gasteiger partial charge in [-0.1, -0.05) is 6.08 Å². The van der Waals surface area contributed by atoms with Gasteiger partial charge in [-0.15, -0.1) is 30.6 Å². The Bertz CT molecular complexity index is 355. The molecule has 1 unspecified atom stereocenters. The molecule has 0 aromatic carbocycles. The van der Waals surface area contributed by atoms with Gasteiger partial charge >= 0.3 is 0 Å². The van der Waals surface area contributed by atoms with Crippen molar-refractivity contribution in [3.05, 3.63) is 12.7 Å². The zero-order chi connectivity index (χ0) is 13.3. The third-order valence-corrected chi connectivity index (χ3v) is 3.00. The number of halogens is 1. The second-order valence-electron chi connectivity index (χ2n) is 3.97. The van der Waals surface area contributed by atoms with Gasteiger partial charge in [-0.25, -0.2) is 13.4 Å². The van der Waals surface area contributed by atoms with Crippen molar-refractivity contribution in [2.75, 3.05) is 25.1 Å². The van der Waals surface area contributed by atoms with E-state index in [1.54, 1.807) is 6.08 Å². The van der Waals surface area contributed by atoms with Gasteiger partial charge in [0.2, 0.25) is 0 Å². The molecule has 5 nitrogen and oxygen atoms in total. The molecule has 0 spiro atoms. The van der Waals surface area contributed by atoms with E-state index >= 15 is 0 Å². The summed E-state index contributed by atoms with van der Waals surface area (Å²) in [6.45, 7) is 8.81. The average Bonchev–Trinajstić information content (AvgIpc) is 2.22. The van der Waals surface area contributed by atoms with Crippen molar-refractivity contribution in [1.29, 1.82) is 0 Å². The van der Waals surface area contributed by atoms with Gasteiger partial charge in [0.1, 0.15) is 9.84 Å². The minimum Gasteiger partial charge on any atom is -0.357 e. The highest BCUT2D eigenvalue weighted by molar-refractivity contribution is 14.0. The van der Waals surface area contributed by atoms with Gasteiger partial charge in [-0.2, -0.15) is 0 Å². The molecule has 2 N–H and O–H groups in total. The second-order valence-corrected chi connectivity index (χ2v) is 6.23. The number of aliphatic imine (C=N–C) groups is 1. The first-order valence-corrected chi connectivity index (χ1v) is 7.78. The van der Waals surface area contributed by atoms with Crippen LogP contribution in [0.25, 0.3) is 0 Å². The van der Waals surface area contributed by atoms with Gasteiger partial charge in [0.15, 0.2) is 5.96 Å². The maximum Gasteiger partial charge on any atom is 0.191 e. The number of guanidine groups is 1. The maximum absolute atomic E-state index is 11.0. The largest absolute Gasteiger partial charge is 0.357 e. The van der Waals surface area contributed by atoms with Crippen LogP contribution in [-0.4, -0.2) is 45.5 Å². The molecule has 18 heavy (non-hydrogen) atoms. The number of hydrogen-bond acceptors (Lipinski definition) is 3. The van der Waals surface area contributed by atoms with Gasteiger partial charge in [0, 0.05) is 18.8 Å². The number of sulfone groups is 1. The van der Waals surface area contributed by atoms with E-state index in [1.165, 1.54) is 6.26 Å². The normalized spacial score (nSPS) is 13.4. The predicted octanol–water partition coefficient (Wildman–Crippen LogP) is 1.17. The van der Waals surface area contributed by atoms with Gasteiger partial charge < -0.3 is 10.6 Å². The molecule has 108 valence electrons. The molecular weight excluding hydrogens is 365 g/mol. The van der Waals surface area contributed by atoms with Crippen LogP contribution in [0.1, 0.15) is 20.3 Å². The fourth-order valence-electron chi connectivity index (χ4n) is 1.17. The molecule has 0 saturated heterocycles. The fourth-order valence-corrected chi connectivity index (χ4v) is 1.95. The van der Waals surface area contributed by atoms with Crippen LogP contribution in [0.15, 0.2) is 17.6 Å². The highest BCUT2D eigenvalue weighted by atomic mass is 127. The summed E-state index contributed by atoms with van der Waals surface area (Å²) in [6.07, 6.45) is 3.52. The molecule has 0 saturated carbocycles. The summed E-state index contributed by atoms with van der Waals surface area (Å²) < 4.78 is 22.1. The summed E-state index contributed by atoms with van der Waals surface area (Å²) in [5, 5.41) is 6.24. The third-order valence-electron chi connectivity index (χ3n) is 2.03. The van der Waals surface area contributed by atoms with E-state index in [0.29, 0.717) is 18.9 Å². The lowest BCUT2D eigenvalue weighted by Gasteiger charge is -2.17. The quantitative estimate of drug-likeness (QED) is 0.297. The Hall–Kier alpha value is -0.310. The molecule has 1 atom stereocenters. The molecule has 7 heteroatoms. The lowest BCUT2D eigenvalue weighted by molar-refractivity contribution is 0.581. The lowest BCUT2D eigenvalue weighted by atomic mass is 10.3. The smallest absolute Gasteiger partial charge is 0.191 e. The molecule has 0 aliphatic carbocycles. The van der Waals surface area contributed by atoms with Crippen LogP contribution in [0.5, 0.6) is 0 Å². The first-order valence-electron chi connectivity index (χ1n) is 5.72.